The van der Waals surface area contributed by atoms with E-state index in [1.807, 2.05) is 0 Å². The molecule has 0 radical (unpaired) electrons. The molecule has 28 heavy (non-hydrogen) atoms. The zero-order chi connectivity index (χ0) is 20.6. The molecule has 2 aromatic carbocycles. The largest absolute Gasteiger partial charge is 0.352 e. The number of hydrogen-bond acceptors (Lipinski definition) is 3. The number of hydrogen-bond donors (Lipinski definition) is 1. The van der Waals surface area contributed by atoms with Crippen LogP contribution in [0.3, 0.4) is 0 Å². The molecule has 1 amide bonds. The van der Waals surface area contributed by atoms with Gasteiger partial charge in [0.15, 0.2) is 0 Å². The second kappa shape index (κ2) is 10.3. The number of rotatable bonds is 10. The summed E-state index contributed by atoms with van der Waals surface area (Å²) in [7, 11) is -2.12. The fraction of sp³-hybridized carbons (Fsp3) is 0.409. The molecule has 0 aliphatic heterocycles. The Hall–Kier alpha value is -2.34. The average Bonchev–Trinajstić information content (AvgIpc) is 2.74. The molecule has 0 bridgehead atoms. The van der Waals surface area contributed by atoms with Crippen LogP contribution >= 0.6 is 0 Å². The van der Waals surface area contributed by atoms with Gasteiger partial charge in [-0.2, -0.15) is 0 Å². The van der Waals surface area contributed by atoms with Gasteiger partial charge in [0, 0.05) is 19.2 Å². The van der Waals surface area contributed by atoms with Crippen LogP contribution in [0, 0.1) is 5.92 Å². The van der Waals surface area contributed by atoms with Gasteiger partial charge in [-0.05, 0) is 48.7 Å². The van der Waals surface area contributed by atoms with Crippen molar-refractivity contribution in [2.45, 2.75) is 44.4 Å². The smallest absolute Gasteiger partial charge is 0.264 e. The third-order valence-electron chi connectivity index (χ3n) is 4.99. The number of nitrogens with zero attached hydrogens (tertiary/aromatic N) is 1. The highest BCUT2D eigenvalue weighted by molar-refractivity contribution is 7.92. The fourth-order valence-electron chi connectivity index (χ4n) is 2.99. The first-order valence-electron chi connectivity index (χ1n) is 9.82. The van der Waals surface area contributed by atoms with Gasteiger partial charge in [-0.15, -0.1) is 0 Å². The molecule has 1 atom stereocenters. The van der Waals surface area contributed by atoms with Crippen molar-refractivity contribution < 1.29 is 13.2 Å². The Morgan fingerprint density at radius 2 is 1.68 bits per heavy atom. The number of nitrogens with one attached hydrogen (secondary N) is 1. The summed E-state index contributed by atoms with van der Waals surface area (Å²) in [6.45, 7) is 4.98. The summed E-state index contributed by atoms with van der Waals surface area (Å²) >= 11 is 0. The quantitative estimate of drug-likeness (QED) is 0.638. The molecule has 1 N–H and O–H groups in total. The number of anilines is 1. The molecule has 6 heteroatoms. The number of carbonyl (C=O) groups excluding carboxylic acids is 1. The molecule has 0 saturated heterocycles. The van der Waals surface area contributed by atoms with Gasteiger partial charge in [0.2, 0.25) is 0 Å². The van der Waals surface area contributed by atoms with Crippen LogP contribution in [0.4, 0.5) is 5.69 Å². The Morgan fingerprint density at radius 1 is 1.04 bits per heavy atom. The van der Waals surface area contributed by atoms with Crippen LogP contribution in [-0.4, -0.2) is 27.9 Å². The maximum absolute atomic E-state index is 12.7. The highest BCUT2D eigenvalue weighted by Gasteiger charge is 2.21. The SMILES string of the molecule is CCCC[C@H](CC)CNC(=O)c1ccc(N(C)S(=O)(=O)c2ccccc2)cc1. The summed E-state index contributed by atoms with van der Waals surface area (Å²) < 4.78 is 26.6. The number of unbranched alkanes of at least 4 members (excludes halogenated alkanes) is 1. The average molecular weight is 403 g/mol. The maximum atomic E-state index is 12.7. The number of carbonyl (C=O) groups is 1. The first-order valence-corrected chi connectivity index (χ1v) is 11.3. The van der Waals surface area contributed by atoms with Gasteiger partial charge in [0.25, 0.3) is 15.9 Å². The minimum atomic E-state index is -3.63. The van der Waals surface area contributed by atoms with Crippen LogP contribution in [-0.2, 0) is 10.0 Å². The molecular weight excluding hydrogens is 372 g/mol. The standard InChI is InChI=1S/C22H30N2O3S/c1-4-6-10-18(5-2)17-23-22(25)19-13-15-20(16-14-19)24(3)28(26,27)21-11-8-7-9-12-21/h7-9,11-16,18H,4-6,10,17H2,1-3H3,(H,23,25)/t18-/m0/s1. The minimum absolute atomic E-state index is 0.130. The summed E-state index contributed by atoms with van der Waals surface area (Å²) in [5.74, 6) is 0.361. The fourth-order valence-corrected chi connectivity index (χ4v) is 4.21. The first kappa shape index (κ1) is 22.0. The van der Waals surface area contributed by atoms with E-state index < -0.39 is 10.0 Å². The Balaban J connectivity index is 2.03. The predicted octanol–water partition coefficient (Wildman–Crippen LogP) is 4.46. The molecule has 0 heterocycles. The predicted molar refractivity (Wildman–Crippen MR) is 114 cm³/mol. The van der Waals surface area contributed by atoms with E-state index >= 15 is 0 Å². The van der Waals surface area contributed by atoms with Crippen molar-refractivity contribution >= 4 is 21.6 Å². The lowest BCUT2D eigenvalue weighted by Crippen LogP contribution is -2.29. The molecule has 2 rings (SSSR count). The number of amides is 1. The van der Waals surface area contributed by atoms with Gasteiger partial charge in [-0.25, -0.2) is 8.42 Å². The third kappa shape index (κ3) is 5.58. The number of benzene rings is 2. The summed E-state index contributed by atoms with van der Waals surface area (Å²) in [5, 5.41) is 2.99. The Bertz CT molecular complexity index is 849. The van der Waals surface area contributed by atoms with E-state index in [4.69, 9.17) is 0 Å². The Kier molecular flexibility index (Phi) is 8.05. The maximum Gasteiger partial charge on any atom is 0.264 e. The van der Waals surface area contributed by atoms with Crippen LogP contribution in [0.15, 0.2) is 59.5 Å². The highest BCUT2D eigenvalue weighted by Crippen LogP contribution is 2.22. The highest BCUT2D eigenvalue weighted by atomic mass is 32.2. The molecule has 0 spiro atoms. The van der Waals surface area contributed by atoms with Gasteiger partial charge in [0.1, 0.15) is 0 Å². The van der Waals surface area contributed by atoms with Crippen molar-refractivity contribution in [3.63, 3.8) is 0 Å². The van der Waals surface area contributed by atoms with Gasteiger partial charge in [-0.1, -0.05) is 51.3 Å². The molecule has 0 aliphatic carbocycles. The van der Waals surface area contributed by atoms with E-state index in [0.717, 1.165) is 19.3 Å². The second-order valence-electron chi connectivity index (χ2n) is 6.96. The second-order valence-corrected chi connectivity index (χ2v) is 8.93. The normalized spacial score (nSPS) is 12.4. The molecule has 0 aliphatic rings. The van der Waals surface area contributed by atoms with Crippen LogP contribution in [0.2, 0.25) is 0 Å². The van der Waals surface area contributed by atoms with Crippen LogP contribution < -0.4 is 9.62 Å². The van der Waals surface area contributed by atoms with Crippen molar-refractivity contribution in [2.24, 2.45) is 5.92 Å². The van der Waals surface area contributed by atoms with Crippen molar-refractivity contribution in [1.29, 1.82) is 0 Å². The van der Waals surface area contributed by atoms with Crippen molar-refractivity contribution in [1.82, 2.24) is 5.32 Å². The van der Waals surface area contributed by atoms with Crippen molar-refractivity contribution in [3.8, 4) is 0 Å². The molecule has 2 aromatic rings. The van der Waals surface area contributed by atoms with Gasteiger partial charge >= 0.3 is 0 Å². The van der Waals surface area contributed by atoms with E-state index in [-0.39, 0.29) is 10.8 Å². The van der Waals surface area contributed by atoms with E-state index in [1.54, 1.807) is 54.6 Å². The first-order chi connectivity index (χ1) is 13.4. The van der Waals surface area contributed by atoms with Crippen LogP contribution in [0.1, 0.15) is 49.9 Å². The molecule has 0 fully saturated rings. The Labute approximate surface area is 168 Å². The lowest BCUT2D eigenvalue weighted by atomic mass is 9.99. The molecular formula is C22H30N2O3S. The minimum Gasteiger partial charge on any atom is -0.352 e. The molecule has 5 nitrogen and oxygen atoms in total. The monoisotopic (exact) mass is 402 g/mol. The topological polar surface area (TPSA) is 66.5 Å². The molecule has 0 saturated carbocycles. The lowest BCUT2D eigenvalue weighted by molar-refractivity contribution is 0.0946. The van der Waals surface area contributed by atoms with Crippen molar-refractivity contribution in [2.75, 3.05) is 17.9 Å². The van der Waals surface area contributed by atoms with E-state index in [9.17, 15) is 13.2 Å². The van der Waals surface area contributed by atoms with E-state index in [2.05, 4.69) is 19.2 Å². The summed E-state index contributed by atoms with van der Waals surface area (Å²) in [4.78, 5) is 12.6. The molecule has 152 valence electrons. The van der Waals surface area contributed by atoms with Crippen LogP contribution in [0.5, 0.6) is 0 Å². The molecule has 0 unspecified atom stereocenters. The molecule has 0 aromatic heterocycles. The third-order valence-corrected chi connectivity index (χ3v) is 6.79. The van der Waals surface area contributed by atoms with Gasteiger partial charge in [-0.3, -0.25) is 9.10 Å². The zero-order valence-corrected chi connectivity index (χ0v) is 17.7. The van der Waals surface area contributed by atoms with Gasteiger partial charge in [0.05, 0.1) is 10.6 Å². The van der Waals surface area contributed by atoms with Crippen molar-refractivity contribution in [3.05, 3.63) is 60.2 Å². The van der Waals surface area contributed by atoms with Crippen LogP contribution in [0.25, 0.3) is 0 Å². The summed E-state index contributed by atoms with van der Waals surface area (Å²) in [6.07, 6.45) is 4.49. The summed E-state index contributed by atoms with van der Waals surface area (Å²) in [6, 6.07) is 14.9. The zero-order valence-electron chi connectivity index (χ0n) is 16.9. The lowest BCUT2D eigenvalue weighted by Gasteiger charge is -2.20. The van der Waals surface area contributed by atoms with E-state index in [0.29, 0.717) is 23.7 Å². The van der Waals surface area contributed by atoms with Gasteiger partial charge < -0.3 is 5.32 Å². The Morgan fingerprint density at radius 3 is 2.25 bits per heavy atom. The van der Waals surface area contributed by atoms with E-state index in [1.165, 1.54) is 17.8 Å². The number of sulfonamides is 1. The summed E-state index contributed by atoms with van der Waals surface area (Å²) in [5.41, 5.74) is 1.04.